The summed E-state index contributed by atoms with van der Waals surface area (Å²) in [5, 5.41) is 0. The number of rotatable bonds is 2. The number of amides is 1. The van der Waals surface area contributed by atoms with Gasteiger partial charge in [0.2, 0.25) is 5.91 Å². The molecule has 0 aromatic heterocycles. The van der Waals surface area contributed by atoms with Crippen LogP contribution < -0.4 is 0 Å². The van der Waals surface area contributed by atoms with Gasteiger partial charge in [0, 0.05) is 19.0 Å². The Morgan fingerprint density at radius 1 is 1.12 bits per heavy atom. The fourth-order valence-electron chi connectivity index (χ4n) is 3.35. The number of nitrogens with zero attached hydrogens (tertiary/aromatic N) is 1. The molecule has 17 heavy (non-hydrogen) atoms. The zero-order valence-corrected chi connectivity index (χ0v) is 10.1. The van der Waals surface area contributed by atoms with E-state index in [4.69, 9.17) is 0 Å². The normalized spacial score (nSPS) is 28.2. The molecule has 1 aromatic rings. The van der Waals surface area contributed by atoms with Crippen molar-refractivity contribution in [1.82, 2.24) is 4.90 Å². The van der Waals surface area contributed by atoms with Crippen molar-refractivity contribution in [2.75, 3.05) is 0 Å². The van der Waals surface area contributed by atoms with E-state index < -0.39 is 0 Å². The first kappa shape index (κ1) is 10.8. The molecule has 0 unspecified atom stereocenters. The number of hydrogen-bond donors (Lipinski definition) is 0. The van der Waals surface area contributed by atoms with Gasteiger partial charge in [0.15, 0.2) is 0 Å². The Morgan fingerprint density at radius 3 is 2.71 bits per heavy atom. The predicted molar refractivity (Wildman–Crippen MR) is 67.4 cm³/mol. The maximum atomic E-state index is 12.1. The molecule has 0 N–H and O–H groups in total. The third kappa shape index (κ3) is 2.08. The Balaban J connectivity index is 1.76. The monoisotopic (exact) mass is 229 g/mol. The molecule has 1 saturated carbocycles. The molecular formula is C15H19NO. The van der Waals surface area contributed by atoms with Crippen molar-refractivity contribution in [1.29, 1.82) is 0 Å². The molecular weight excluding hydrogens is 210 g/mol. The van der Waals surface area contributed by atoms with E-state index in [1.54, 1.807) is 0 Å². The van der Waals surface area contributed by atoms with Gasteiger partial charge < -0.3 is 4.90 Å². The second-order valence-electron chi connectivity index (χ2n) is 5.32. The van der Waals surface area contributed by atoms with Crippen LogP contribution in [0.4, 0.5) is 0 Å². The minimum Gasteiger partial charge on any atom is -0.335 e. The molecule has 1 aromatic carbocycles. The van der Waals surface area contributed by atoms with Gasteiger partial charge in [0.05, 0.1) is 0 Å². The number of benzene rings is 1. The smallest absolute Gasteiger partial charge is 0.223 e. The highest BCUT2D eigenvalue weighted by Crippen LogP contribution is 2.37. The van der Waals surface area contributed by atoms with Gasteiger partial charge in [-0.1, -0.05) is 43.2 Å². The van der Waals surface area contributed by atoms with Gasteiger partial charge in [-0.2, -0.15) is 0 Å². The van der Waals surface area contributed by atoms with Gasteiger partial charge in [-0.3, -0.25) is 4.79 Å². The van der Waals surface area contributed by atoms with Crippen molar-refractivity contribution in [3.63, 3.8) is 0 Å². The molecule has 0 bridgehead atoms. The maximum Gasteiger partial charge on any atom is 0.223 e. The Hall–Kier alpha value is -1.31. The Bertz CT molecular complexity index is 401. The standard InChI is InChI=1S/C15H19NO/c17-15-10-13-8-4-5-9-14(13)16(15)11-12-6-2-1-3-7-12/h1-3,6-7,13-14H,4-5,8-11H2/t13-,14-/m1/s1. The van der Waals surface area contributed by atoms with Crippen LogP contribution in [0, 0.1) is 5.92 Å². The molecule has 1 heterocycles. The molecule has 2 heteroatoms. The highest BCUT2D eigenvalue weighted by atomic mass is 16.2. The van der Waals surface area contributed by atoms with Gasteiger partial charge >= 0.3 is 0 Å². The zero-order valence-electron chi connectivity index (χ0n) is 10.1. The van der Waals surface area contributed by atoms with E-state index in [0.29, 0.717) is 17.9 Å². The summed E-state index contributed by atoms with van der Waals surface area (Å²) in [7, 11) is 0. The Labute approximate surface area is 103 Å². The zero-order chi connectivity index (χ0) is 11.7. The summed E-state index contributed by atoms with van der Waals surface area (Å²) in [5.74, 6) is 1.01. The van der Waals surface area contributed by atoms with Gasteiger partial charge in [0.25, 0.3) is 0 Å². The van der Waals surface area contributed by atoms with Crippen LogP contribution in [-0.4, -0.2) is 16.8 Å². The Morgan fingerprint density at radius 2 is 1.88 bits per heavy atom. The van der Waals surface area contributed by atoms with Crippen molar-refractivity contribution in [2.24, 2.45) is 5.92 Å². The summed E-state index contributed by atoms with van der Waals surface area (Å²) in [6, 6.07) is 10.9. The molecule has 2 aliphatic rings. The van der Waals surface area contributed by atoms with Crippen molar-refractivity contribution >= 4 is 5.91 Å². The maximum absolute atomic E-state index is 12.1. The van der Waals surface area contributed by atoms with Crippen LogP contribution in [0.2, 0.25) is 0 Å². The summed E-state index contributed by atoms with van der Waals surface area (Å²) >= 11 is 0. The lowest BCUT2D eigenvalue weighted by Gasteiger charge is -2.31. The highest BCUT2D eigenvalue weighted by Gasteiger charge is 2.40. The number of carbonyl (C=O) groups is 1. The average Bonchev–Trinajstić information content (AvgIpc) is 2.68. The number of fused-ring (bicyclic) bond motifs is 1. The molecule has 2 nitrogen and oxygen atoms in total. The van der Waals surface area contributed by atoms with E-state index in [1.807, 2.05) is 18.2 Å². The van der Waals surface area contributed by atoms with Crippen LogP contribution in [0.5, 0.6) is 0 Å². The van der Waals surface area contributed by atoms with Gasteiger partial charge in [-0.25, -0.2) is 0 Å². The summed E-state index contributed by atoms with van der Waals surface area (Å²) in [4.78, 5) is 14.2. The summed E-state index contributed by atoms with van der Waals surface area (Å²) in [5.41, 5.74) is 1.26. The number of carbonyl (C=O) groups excluding carboxylic acids is 1. The predicted octanol–water partition coefficient (Wildman–Crippen LogP) is 2.98. The molecule has 1 aliphatic heterocycles. The van der Waals surface area contributed by atoms with E-state index in [0.717, 1.165) is 13.0 Å². The largest absolute Gasteiger partial charge is 0.335 e. The molecule has 3 rings (SSSR count). The highest BCUT2D eigenvalue weighted by molar-refractivity contribution is 5.79. The molecule has 90 valence electrons. The van der Waals surface area contributed by atoms with Crippen LogP contribution in [0.3, 0.4) is 0 Å². The molecule has 2 atom stereocenters. The summed E-state index contributed by atoms with van der Waals surface area (Å²) in [6.45, 7) is 0.806. The van der Waals surface area contributed by atoms with Crippen molar-refractivity contribution in [3.8, 4) is 0 Å². The molecule has 1 saturated heterocycles. The molecule has 0 spiro atoms. The number of hydrogen-bond acceptors (Lipinski definition) is 1. The molecule has 2 fully saturated rings. The fraction of sp³-hybridized carbons (Fsp3) is 0.533. The first-order chi connectivity index (χ1) is 8.34. The van der Waals surface area contributed by atoms with Crippen molar-refractivity contribution in [2.45, 2.75) is 44.7 Å². The first-order valence-electron chi connectivity index (χ1n) is 6.68. The summed E-state index contributed by atoms with van der Waals surface area (Å²) < 4.78 is 0. The van der Waals surface area contributed by atoms with E-state index >= 15 is 0 Å². The van der Waals surface area contributed by atoms with Crippen LogP contribution in [0.25, 0.3) is 0 Å². The molecule has 1 amide bonds. The van der Waals surface area contributed by atoms with Gasteiger partial charge in [-0.05, 0) is 24.3 Å². The minimum atomic E-state index is 0.366. The van der Waals surface area contributed by atoms with Crippen LogP contribution in [0.15, 0.2) is 30.3 Å². The van der Waals surface area contributed by atoms with E-state index in [1.165, 1.54) is 31.2 Å². The second-order valence-corrected chi connectivity index (χ2v) is 5.32. The molecule has 1 aliphatic carbocycles. The van der Waals surface area contributed by atoms with Crippen molar-refractivity contribution in [3.05, 3.63) is 35.9 Å². The van der Waals surface area contributed by atoms with Gasteiger partial charge in [-0.15, -0.1) is 0 Å². The third-order valence-corrected chi connectivity index (χ3v) is 4.22. The minimum absolute atomic E-state index is 0.366. The first-order valence-corrected chi connectivity index (χ1v) is 6.68. The summed E-state index contributed by atoms with van der Waals surface area (Å²) in [6.07, 6.45) is 5.86. The topological polar surface area (TPSA) is 20.3 Å². The van der Waals surface area contributed by atoms with Crippen LogP contribution in [-0.2, 0) is 11.3 Å². The second kappa shape index (κ2) is 4.52. The number of likely N-dealkylation sites (tertiary alicyclic amines) is 1. The average molecular weight is 229 g/mol. The lowest BCUT2D eigenvalue weighted by atomic mass is 9.85. The Kier molecular flexibility index (Phi) is 2.87. The quantitative estimate of drug-likeness (QED) is 0.763. The van der Waals surface area contributed by atoms with Crippen LogP contribution >= 0.6 is 0 Å². The van der Waals surface area contributed by atoms with Gasteiger partial charge in [0.1, 0.15) is 0 Å². The van der Waals surface area contributed by atoms with E-state index in [-0.39, 0.29) is 0 Å². The van der Waals surface area contributed by atoms with E-state index in [9.17, 15) is 4.79 Å². The SMILES string of the molecule is O=C1C[C@H]2CCCC[C@H]2N1Cc1ccccc1. The van der Waals surface area contributed by atoms with E-state index in [2.05, 4.69) is 17.0 Å². The third-order valence-electron chi connectivity index (χ3n) is 4.22. The lowest BCUT2D eigenvalue weighted by Crippen LogP contribution is -2.36. The molecule has 0 radical (unpaired) electrons. The van der Waals surface area contributed by atoms with Crippen molar-refractivity contribution < 1.29 is 4.79 Å². The fourth-order valence-corrected chi connectivity index (χ4v) is 3.35. The van der Waals surface area contributed by atoms with Crippen LogP contribution in [0.1, 0.15) is 37.7 Å². The lowest BCUT2D eigenvalue weighted by molar-refractivity contribution is -0.129.